The molecule has 0 fully saturated rings. The van der Waals surface area contributed by atoms with Crippen molar-refractivity contribution in [3.63, 3.8) is 0 Å². The molecule has 0 bridgehead atoms. The first-order chi connectivity index (χ1) is 9.29. The third-order valence-electron chi connectivity index (χ3n) is 2.86. The van der Waals surface area contributed by atoms with E-state index in [4.69, 9.17) is 4.74 Å². The number of nitrogens with zero attached hydrogens (tertiary/aromatic N) is 2. The summed E-state index contributed by atoms with van der Waals surface area (Å²) in [4.78, 5) is 0. The van der Waals surface area contributed by atoms with Crippen molar-refractivity contribution in [2.45, 2.75) is 13.1 Å². The highest BCUT2D eigenvalue weighted by molar-refractivity contribution is 5.26. The molecule has 0 aliphatic carbocycles. The molecule has 0 unspecified atom stereocenters. The van der Waals surface area contributed by atoms with E-state index in [2.05, 4.69) is 10.4 Å². The Morgan fingerprint density at radius 3 is 2.79 bits per heavy atom. The van der Waals surface area contributed by atoms with Gasteiger partial charge in [-0.25, -0.2) is 0 Å². The van der Waals surface area contributed by atoms with Gasteiger partial charge in [-0.3, -0.25) is 4.68 Å². The molecule has 2 rings (SSSR count). The van der Waals surface area contributed by atoms with E-state index in [1.54, 1.807) is 25.4 Å². The summed E-state index contributed by atoms with van der Waals surface area (Å²) in [5.74, 6) is 0.283. The largest absolute Gasteiger partial charge is 0.508 e. The summed E-state index contributed by atoms with van der Waals surface area (Å²) < 4.78 is 6.94. The molecule has 0 radical (unpaired) electrons. The Kier molecular flexibility index (Phi) is 4.94. The fraction of sp³-hybridized carbons (Fsp3) is 0.357. The monoisotopic (exact) mass is 261 g/mol. The average molecular weight is 261 g/mol. The van der Waals surface area contributed by atoms with Gasteiger partial charge in [-0.1, -0.05) is 12.1 Å². The fourth-order valence-corrected chi connectivity index (χ4v) is 1.82. The molecule has 0 atom stereocenters. The SMILES string of the molecule is COCCNCc1ccnn1Cc1ccc(O)cc1. The van der Waals surface area contributed by atoms with Crippen LogP contribution in [-0.2, 0) is 17.8 Å². The molecule has 0 aliphatic rings. The number of nitrogens with one attached hydrogen (secondary N) is 1. The Morgan fingerprint density at radius 1 is 1.26 bits per heavy atom. The van der Waals surface area contributed by atoms with Crippen molar-refractivity contribution in [3.8, 4) is 5.75 Å². The standard InChI is InChI=1S/C14H19N3O2/c1-19-9-8-15-10-13-6-7-16-17(13)11-12-2-4-14(18)5-3-12/h2-7,15,18H,8-11H2,1H3. The summed E-state index contributed by atoms with van der Waals surface area (Å²) in [6.45, 7) is 2.99. The maximum atomic E-state index is 9.26. The van der Waals surface area contributed by atoms with Crippen LogP contribution in [0.4, 0.5) is 0 Å². The first-order valence-electron chi connectivity index (χ1n) is 6.28. The number of hydrogen-bond acceptors (Lipinski definition) is 4. The smallest absolute Gasteiger partial charge is 0.115 e. The van der Waals surface area contributed by atoms with Crippen molar-refractivity contribution in [1.29, 1.82) is 0 Å². The van der Waals surface area contributed by atoms with Crippen LogP contribution in [0.3, 0.4) is 0 Å². The predicted octanol–water partition coefficient (Wildman–Crippen LogP) is 1.37. The lowest BCUT2D eigenvalue weighted by Gasteiger charge is -2.09. The highest BCUT2D eigenvalue weighted by Crippen LogP contribution is 2.11. The molecule has 1 heterocycles. The summed E-state index contributed by atoms with van der Waals surface area (Å²) in [6.07, 6.45) is 1.80. The van der Waals surface area contributed by atoms with Crippen molar-refractivity contribution in [3.05, 3.63) is 47.8 Å². The lowest BCUT2D eigenvalue weighted by Crippen LogP contribution is -2.21. The summed E-state index contributed by atoms with van der Waals surface area (Å²) in [5, 5.41) is 16.9. The third-order valence-corrected chi connectivity index (χ3v) is 2.86. The van der Waals surface area contributed by atoms with E-state index in [0.29, 0.717) is 13.2 Å². The number of ether oxygens (including phenoxy) is 1. The van der Waals surface area contributed by atoms with Crippen molar-refractivity contribution in [2.24, 2.45) is 0 Å². The number of benzene rings is 1. The molecule has 0 spiro atoms. The second-order valence-electron chi connectivity index (χ2n) is 4.32. The Balaban J connectivity index is 1.93. The molecule has 19 heavy (non-hydrogen) atoms. The summed E-state index contributed by atoms with van der Waals surface area (Å²) >= 11 is 0. The number of methoxy groups -OCH3 is 1. The van der Waals surface area contributed by atoms with Gasteiger partial charge in [0.15, 0.2) is 0 Å². The van der Waals surface area contributed by atoms with Crippen molar-refractivity contribution in [2.75, 3.05) is 20.3 Å². The van der Waals surface area contributed by atoms with Gasteiger partial charge >= 0.3 is 0 Å². The molecule has 1 aromatic heterocycles. The van der Waals surface area contributed by atoms with Gasteiger partial charge in [0.2, 0.25) is 0 Å². The molecule has 2 N–H and O–H groups in total. The number of aromatic nitrogens is 2. The van der Waals surface area contributed by atoms with Crippen molar-refractivity contribution < 1.29 is 9.84 Å². The van der Waals surface area contributed by atoms with E-state index >= 15 is 0 Å². The summed E-state index contributed by atoms with van der Waals surface area (Å²) in [7, 11) is 1.69. The van der Waals surface area contributed by atoms with Gasteiger partial charge in [-0.15, -0.1) is 0 Å². The Bertz CT molecular complexity index is 494. The molecule has 0 amide bonds. The van der Waals surface area contributed by atoms with Crippen LogP contribution in [0, 0.1) is 0 Å². The van der Waals surface area contributed by atoms with Gasteiger partial charge in [-0.05, 0) is 23.8 Å². The average Bonchev–Trinajstić information content (AvgIpc) is 2.85. The van der Waals surface area contributed by atoms with Gasteiger partial charge in [0, 0.05) is 26.4 Å². The van der Waals surface area contributed by atoms with Gasteiger partial charge in [0.1, 0.15) is 5.75 Å². The quantitative estimate of drug-likeness (QED) is 0.739. The first-order valence-corrected chi connectivity index (χ1v) is 6.28. The van der Waals surface area contributed by atoms with E-state index < -0.39 is 0 Å². The maximum Gasteiger partial charge on any atom is 0.115 e. The number of phenols is 1. The molecular weight excluding hydrogens is 242 g/mol. The van der Waals surface area contributed by atoms with E-state index in [-0.39, 0.29) is 5.75 Å². The Morgan fingerprint density at radius 2 is 2.05 bits per heavy atom. The van der Waals surface area contributed by atoms with Gasteiger partial charge in [0.05, 0.1) is 18.8 Å². The summed E-state index contributed by atoms with van der Waals surface area (Å²) in [5.41, 5.74) is 2.24. The van der Waals surface area contributed by atoms with Gasteiger partial charge in [-0.2, -0.15) is 5.10 Å². The second kappa shape index (κ2) is 6.92. The predicted molar refractivity (Wildman–Crippen MR) is 73.0 cm³/mol. The normalized spacial score (nSPS) is 10.8. The van der Waals surface area contributed by atoms with Crippen molar-refractivity contribution >= 4 is 0 Å². The molecule has 0 aliphatic heterocycles. The lowest BCUT2D eigenvalue weighted by atomic mass is 10.2. The van der Waals surface area contributed by atoms with E-state index in [1.807, 2.05) is 22.9 Å². The van der Waals surface area contributed by atoms with Crippen LogP contribution in [0.15, 0.2) is 36.5 Å². The molecule has 0 saturated heterocycles. The van der Waals surface area contributed by atoms with Gasteiger partial charge < -0.3 is 15.2 Å². The molecule has 5 heteroatoms. The topological polar surface area (TPSA) is 59.3 Å². The lowest BCUT2D eigenvalue weighted by molar-refractivity contribution is 0.199. The van der Waals surface area contributed by atoms with Crippen LogP contribution in [-0.4, -0.2) is 35.1 Å². The zero-order chi connectivity index (χ0) is 13.5. The molecule has 2 aromatic rings. The van der Waals surface area contributed by atoms with Gasteiger partial charge in [0.25, 0.3) is 0 Å². The van der Waals surface area contributed by atoms with Crippen LogP contribution in [0.5, 0.6) is 5.75 Å². The number of hydrogen-bond donors (Lipinski definition) is 2. The minimum Gasteiger partial charge on any atom is -0.508 e. The third kappa shape index (κ3) is 4.08. The first kappa shape index (κ1) is 13.6. The van der Waals surface area contributed by atoms with Crippen LogP contribution in [0.25, 0.3) is 0 Å². The van der Waals surface area contributed by atoms with E-state index in [9.17, 15) is 5.11 Å². The zero-order valence-corrected chi connectivity index (χ0v) is 11.0. The molecular formula is C14H19N3O2. The number of rotatable bonds is 7. The van der Waals surface area contributed by atoms with Crippen LogP contribution >= 0.6 is 0 Å². The van der Waals surface area contributed by atoms with Crippen molar-refractivity contribution in [1.82, 2.24) is 15.1 Å². The fourth-order valence-electron chi connectivity index (χ4n) is 1.82. The molecule has 1 aromatic carbocycles. The molecule has 5 nitrogen and oxygen atoms in total. The minimum absolute atomic E-state index is 0.283. The van der Waals surface area contributed by atoms with Crippen LogP contribution in [0.1, 0.15) is 11.3 Å². The maximum absolute atomic E-state index is 9.26. The second-order valence-corrected chi connectivity index (χ2v) is 4.32. The Hall–Kier alpha value is -1.85. The van der Waals surface area contributed by atoms with Crippen LogP contribution in [0.2, 0.25) is 0 Å². The zero-order valence-electron chi connectivity index (χ0n) is 11.0. The Labute approximate surface area is 112 Å². The number of aromatic hydroxyl groups is 1. The van der Waals surface area contributed by atoms with E-state index in [1.165, 1.54) is 0 Å². The molecule has 0 saturated carbocycles. The summed E-state index contributed by atoms with van der Waals surface area (Å²) in [6, 6.07) is 9.18. The highest BCUT2D eigenvalue weighted by Gasteiger charge is 2.03. The highest BCUT2D eigenvalue weighted by atomic mass is 16.5. The van der Waals surface area contributed by atoms with Crippen LogP contribution < -0.4 is 5.32 Å². The minimum atomic E-state index is 0.283. The number of phenolic OH excluding ortho intramolecular Hbond substituents is 1. The molecule has 102 valence electrons. The van der Waals surface area contributed by atoms with E-state index in [0.717, 1.165) is 24.3 Å².